The van der Waals surface area contributed by atoms with Gasteiger partial charge in [0, 0.05) is 14.1 Å². The van der Waals surface area contributed by atoms with Crippen LogP contribution in [0.15, 0.2) is 0 Å². The molecule has 0 aliphatic rings. The average Bonchev–Trinajstić information content (AvgIpc) is 1.85. The van der Waals surface area contributed by atoms with Crippen LogP contribution in [-0.4, -0.2) is 50.3 Å². The lowest BCUT2D eigenvalue weighted by atomic mass is 10.6. The van der Waals surface area contributed by atoms with Crippen molar-refractivity contribution in [2.24, 2.45) is 0 Å². The van der Waals surface area contributed by atoms with Gasteiger partial charge in [0.2, 0.25) is 0 Å². The lowest BCUT2D eigenvalue weighted by Crippen LogP contribution is -3.00. The highest BCUT2D eigenvalue weighted by Gasteiger charge is 2.17. The predicted octanol–water partition coefficient (Wildman–Crippen LogP) is -3.11. The van der Waals surface area contributed by atoms with E-state index in [9.17, 15) is 4.79 Å². The van der Waals surface area contributed by atoms with Crippen LogP contribution in [0.4, 0.5) is 4.79 Å². The SMILES string of the molecule is C#CC[N+](C)(C)NC(=O)N(C)C.[Br-]. The van der Waals surface area contributed by atoms with Crippen molar-refractivity contribution in [1.82, 2.24) is 10.3 Å². The Morgan fingerprint density at radius 1 is 1.54 bits per heavy atom. The number of carbonyl (C=O) groups excluding carboxylic acids is 1. The third-order valence-corrected chi connectivity index (χ3v) is 1.29. The number of hydrogen-bond donors (Lipinski definition) is 1. The van der Waals surface area contributed by atoms with Crippen LogP contribution in [0, 0.1) is 12.3 Å². The molecule has 2 amide bonds. The molecule has 0 radical (unpaired) electrons. The normalized spacial score (nSPS) is 9.46. The van der Waals surface area contributed by atoms with Gasteiger partial charge in [0.15, 0.2) is 6.54 Å². The second-order valence-corrected chi connectivity index (χ2v) is 3.36. The van der Waals surface area contributed by atoms with Gasteiger partial charge in [-0.05, 0) is 5.92 Å². The van der Waals surface area contributed by atoms with Crippen LogP contribution >= 0.6 is 0 Å². The number of carbonyl (C=O) groups is 1. The zero-order valence-electron chi connectivity index (χ0n) is 8.47. The Labute approximate surface area is 90.2 Å². The Bertz CT molecular complexity index is 208. The topological polar surface area (TPSA) is 32.3 Å². The van der Waals surface area contributed by atoms with Crippen LogP contribution < -0.4 is 22.4 Å². The summed E-state index contributed by atoms with van der Waals surface area (Å²) >= 11 is 0. The summed E-state index contributed by atoms with van der Waals surface area (Å²) in [5.74, 6) is 2.49. The van der Waals surface area contributed by atoms with E-state index < -0.39 is 0 Å². The summed E-state index contributed by atoms with van der Waals surface area (Å²) in [6.07, 6.45) is 5.14. The fourth-order valence-electron chi connectivity index (χ4n) is 0.627. The van der Waals surface area contributed by atoms with Gasteiger partial charge >= 0.3 is 6.03 Å². The summed E-state index contributed by atoms with van der Waals surface area (Å²) in [6, 6.07) is -0.143. The maximum Gasteiger partial charge on any atom is 0.361 e. The molecular weight excluding hydrogens is 234 g/mol. The molecule has 0 saturated carbocycles. The molecule has 5 heteroatoms. The van der Waals surface area contributed by atoms with Gasteiger partial charge in [-0.15, -0.1) is 6.42 Å². The number of terminal acetylenes is 1. The predicted molar refractivity (Wildman–Crippen MR) is 48.0 cm³/mol. The average molecular weight is 250 g/mol. The largest absolute Gasteiger partial charge is 1.00 e. The van der Waals surface area contributed by atoms with Gasteiger partial charge in [0.25, 0.3) is 0 Å². The number of nitrogens with zero attached hydrogens (tertiary/aromatic N) is 2. The third kappa shape index (κ3) is 6.43. The highest BCUT2D eigenvalue weighted by molar-refractivity contribution is 5.72. The molecule has 0 aromatic carbocycles. The monoisotopic (exact) mass is 249 g/mol. The molecule has 4 nitrogen and oxygen atoms in total. The summed E-state index contributed by atoms with van der Waals surface area (Å²) < 4.78 is 0.299. The molecule has 0 aliphatic carbocycles. The summed E-state index contributed by atoms with van der Waals surface area (Å²) in [5, 5.41) is 0. The van der Waals surface area contributed by atoms with E-state index in [2.05, 4.69) is 11.3 Å². The number of urea groups is 1. The number of nitrogens with one attached hydrogen (secondary N) is 1. The van der Waals surface area contributed by atoms with E-state index >= 15 is 0 Å². The number of quaternary nitrogens is 1. The molecule has 0 bridgehead atoms. The van der Waals surface area contributed by atoms with Crippen molar-refractivity contribution in [2.75, 3.05) is 34.7 Å². The number of hydrogen-bond acceptors (Lipinski definition) is 1. The Morgan fingerprint density at radius 2 is 2.00 bits per heavy atom. The molecule has 0 saturated heterocycles. The first kappa shape index (κ1) is 14.8. The quantitative estimate of drug-likeness (QED) is 0.314. The Hall–Kier alpha value is -0.730. The van der Waals surface area contributed by atoms with Gasteiger partial charge < -0.3 is 21.9 Å². The lowest BCUT2D eigenvalue weighted by molar-refractivity contribution is -0.918. The zero-order valence-corrected chi connectivity index (χ0v) is 10.1. The molecule has 0 aromatic rings. The van der Waals surface area contributed by atoms with Crippen molar-refractivity contribution in [1.29, 1.82) is 0 Å². The fourth-order valence-corrected chi connectivity index (χ4v) is 0.627. The molecule has 0 spiro atoms. The summed E-state index contributed by atoms with van der Waals surface area (Å²) in [5.41, 5.74) is 2.74. The van der Waals surface area contributed by atoms with Crippen molar-refractivity contribution >= 4 is 6.03 Å². The van der Waals surface area contributed by atoms with Crippen molar-refractivity contribution in [3.8, 4) is 12.3 Å². The molecule has 0 rings (SSSR count). The van der Waals surface area contributed by atoms with E-state index in [1.54, 1.807) is 14.1 Å². The molecule has 0 aliphatic heterocycles. The first-order valence-corrected chi connectivity index (χ1v) is 3.65. The second kappa shape index (κ2) is 5.84. The van der Waals surface area contributed by atoms with Gasteiger partial charge in [-0.3, -0.25) is 0 Å². The smallest absolute Gasteiger partial charge is 0.361 e. The minimum atomic E-state index is -0.143. The first-order valence-electron chi connectivity index (χ1n) is 3.65. The molecule has 0 atom stereocenters. The van der Waals surface area contributed by atoms with E-state index in [0.29, 0.717) is 11.1 Å². The maximum atomic E-state index is 11.2. The summed E-state index contributed by atoms with van der Waals surface area (Å²) in [6.45, 7) is 0.472. The van der Waals surface area contributed by atoms with Crippen molar-refractivity contribution in [3.05, 3.63) is 0 Å². The molecule has 1 N–H and O–H groups in total. The van der Waals surface area contributed by atoms with Crippen molar-refractivity contribution in [2.45, 2.75) is 0 Å². The van der Waals surface area contributed by atoms with E-state index in [0.717, 1.165) is 0 Å². The van der Waals surface area contributed by atoms with E-state index in [-0.39, 0.29) is 23.0 Å². The molecular formula is C8H16BrN3O. The molecule has 13 heavy (non-hydrogen) atoms. The van der Waals surface area contributed by atoms with E-state index in [1.165, 1.54) is 4.90 Å². The van der Waals surface area contributed by atoms with Gasteiger partial charge in [-0.2, -0.15) is 5.43 Å². The van der Waals surface area contributed by atoms with Crippen LogP contribution in [0.2, 0.25) is 0 Å². The number of halogens is 1. The Balaban J connectivity index is 0. The summed E-state index contributed by atoms with van der Waals surface area (Å²) in [7, 11) is 7.04. The van der Waals surface area contributed by atoms with Gasteiger partial charge in [-0.25, -0.2) is 9.39 Å². The van der Waals surface area contributed by atoms with Crippen LogP contribution in [0.25, 0.3) is 0 Å². The standard InChI is InChI=1S/C8H15N3O.BrH/c1-6-7-11(4,5)9-8(12)10(2)3;/h1H,7H2,2-5H3;1H. The maximum absolute atomic E-state index is 11.2. The molecule has 0 aromatic heterocycles. The van der Waals surface area contributed by atoms with Crippen molar-refractivity contribution in [3.63, 3.8) is 0 Å². The number of rotatable bonds is 2. The van der Waals surface area contributed by atoms with Crippen LogP contribution in [0.3, 0.4) is 0 Å². The summed E-state index contributed by atoms with van der Waals surface area (Å²) in [4.78, 5) is 12.6. The highest BCUT2D eigenvalue weighted by Crippen LogP contribution is 1.90. The Kier molecular flexibility index (Phi) is 6.63. The molecule has 0 unspecified atom stereocenters. The van der Waals surface area contributed by atoms with Crippen LogP contribution in [-0.2, 0) is 0 Å². The van der Waals surface area contributed by atoms with Crippen LogP contribution in [0.5, 0.6) is 0 Å². The molecule has 76 valence electrons. The lowest BCUT2D eigenvalue weighted by Gasteiger charge is -2.28. The fraction of sp³-hybridized carbons (Fsp3) is 0.625. The molecule has 0 heterocycles. The van der Waals surface area contributed by atoms with E-state index in [4.69, 9.17) is 6.42 Å². The van der Waals surface area contributed by atoms with Crippen LogP contribution in [0.1, 0.15) is 0 Å². The second-order valence-electron chi connectivity index (χ2n) is 3.36. The molecule has 0 fully saturated rings. The highest BCUT2D eigenvalue weighted by atomic mass is 79.9. The number of amides is 2. The Morgan fingerprint density at radius 3 is 2.31 bits per heavy atom. The van der Waals surface area contributed by atoms with Crippen molar-refractivity contribution < 1.29 is 26.4 Å². The van der Waals surface area contributed by atoms with Gasteiger partial charge in [0.1, 0.15) is 0 Å². The van der Waals surface area contributed by atoms with E-state index in [1.807, 2.05) is 14.1 Å². The van der Waals surface area contributed by atoms with Gasteiger partial charge in [0.05, 0.1) is 14.1 Å². The first-order chi connectivity index (χ1) is 5.39. The minimum absolute atomic E-state index is 0. The minimum Gasteiger partial charge on any atom is -1.00 e. The zero-order chi connectivity index (χ0) is 9.78. The third-order valence-electron chi connectivity index (χ3n) is 1.29. The van der Waals surface area contributed by atoms with Gasteiger partial charge in [-0.1, -0.05) is 0 Å².